The van der Waals surface area contributed by atoms with E-state index in [-0.39, 0.29) is 11.7 Å². The average molecular weight is 395 g/mol. The number of hydrogen-bond donors (Lipinski definition) is 2. The minimum atomic E-state index is -0.380. The fraction of sp³-hybridized carbons (Fsp3) is 0.0476. The quantitative estimate of drug-likeness (QED) is 0.356. The second kappa shape index (κ2) is 7.02. The van der Waals surface area contributed by atoms with Gasteiger partial charge in [0.05, 0.1) is 11.2 Å². The standard InChI is InChI=1S/C21H15ClN2O2S/c1-12-6-8-15-18(10-12)27-20(19(15)22)21(26)24-23-11-16-14-5-3-2-4-13(14)7-9-17(16)25/h2-11,25H,1H3,(H,24,26)/b23-11+. The summed E-state index contributed by atoms with van der Waals surface area (Å²) in [5.74, 6) is -0.281. The normalized spacial score (nSPS) is 11.5. The van der Waals surface area contributed by atoms with Gasteiger partial charge in [0, 0.05) is 15.6 Å². The van der Waals surface area contributed by atoms with Crippen molar-refractivity contribution in [3.8, 4) is 5.75 Å². The lowest BCUT2D eigenvalue weighted by molar-refractivity contribution is 0.0959. The average Bonchev–Trinajstić information content (AvgIpc) is 2.99. The van der Waals surface area contributed by atoms with Gasteiger partial charge >= 0.3 is 0 Å². The third-order valence-corrected chi connectivity index (χ3v) is 5.95. The van der Waals surface area contributed by atoms with Crippen LogP contribution in [0.5, 0.6) is 5.75 Å². The number of phenolic OH excluding ortho intramolecular Hbond substituents is 1. The van der Waals surface area contributed by atoms with Crippen LogP contribution in [0.1, 0.15) is 20.8 Å². The van der Waals surface area contributed by atoms with Crippen molar-refractivity contribution in [2.45, 2.75) is 6.92 Å². The number of carbonyl (C=O) groups excluding carboxylic acids is 1. The molecule has 0 aliphatic rings. The molecule has 0 unspecified atom stereocenters. The maximum absolute atomic E-state index is 12.5. The van der Waals surface area contributed by atoms with Gasteiger partial charge in [-0.2, -0.15) is 5.10 Å². The van der Waals surface area contributed by atoms with Crippen LogP contribution in [0.2, 0.25) is 5.02 Å². The molecule has 2 N–H and O–H groups in total. The van der Waals surface area contributed by atoms with Crippen LogP contribution in [0.25, 0.3) is 20.9 Å². The van der Waals surface area contributed by atoms with E-state index < -0.39 is 0 Å². The van der Waals surface area contributed by atoms with Gasteiger partial charge in [-0.15, -0.1) is 11.3 Å². The lowest BCUT2D eigenvalue weighted by Crippen LogP contribution is -2.16. The summed E-state index contributed by atoms with van der Waals surface area (Å²) < 4.78 is 0.959. The molecule has 0 aliphatic carbocycles. The first-order chi connectivity index (χ1) is 13.0. The zero-order chi connectivity index (χ0) is 19.0. The molecule has 0 aliphatic heterocycles. The highest BCUT2D eigenvalue weighted by Crippen LogP contribution is 2.35. The van der Waals surface area contributed by atoms with E-state index in [1.54, 1.807) is 6.07 Å². The van der Waals surface area contributed by atoms with Crippen molar-refractivity contribution in [2.75, 3.05) is 0 Å². The molecule has 0 spiro atoms. The number of phenols is 1. The molecule has 0 radical (unpaired) electrons. The Bertz CT molecular complexity index is 1210. The van der Waals surface area contributed by atoms with Gasteiger partial charge in [0.25, 0.3) is 5.91 Å². The van der Waals surface area contributed by atoms with Crippen LogP contribution in [0.3, 0.4) is 0 Å². The number of nitrogens with one attached hydrogen (secondary N) is 1. The highest BCUT2D eigenvalue weighted by Gasteiger charge is 2.16. The maximum atomic E-state index is 12.5. The third kappa shape index (κ3) is 3.27. The van der Waals surface area contributed by atoms with Crippen molar-refractivity contribution >= 4 is 55.9 Å². The Balaban J connectivity index is 1.62. The predicted octanol–water partition coefficient (Wildman–Crippen LogP) is 5.49. The van der Waals surface area contributed by atoms with Crippen molar-refractivity contribution in [1.82, 2.24) is 5.43 Å². The number of amides is 1. The highest BCUT2D eigenvalue weighted by molar-refractivity contribution is 7.21. The van der Waals surface area contributed by atoms with Crippen molar-refractivity contribution in [3.05, 3.63) is 75.6 Å². The van der Waals surface area contributed by atoms with Gasteiger partial charge in [0.1, 0.15) is 10.6 Å². The number of hydrazone groups is 1. The number of rotatable bonds is 3. The zero-order valence-corrected chi connectivity index (χ0v) is 15.9. The molecule has 1 amide bonds. The number of aromatic hydroxyl groups is 1. The number of thiophene rings is 1. The fourth-order valence-electron chi connectivity index (χ4n) is 2.94. The molecule has 134 valence electrons. The van der Waals surface area contributed by atoms with E-state index in [1.165, 1.54) is 17.6 Å². The summed E-state index contributed by atoms with van der Waals surface area (Å²) in [6.45, 7) is 1.99. The third-order valence-electron chi connectivity index (χ3n) is 4.30. The Hall–Kier alpha value is -2.89. The molecule has 27 heavy (non-hydrogen) atoms. The van der Waals surface area contributed by atoms with Crippen LogP contribution >= 0.6 is 22.9 Å². The van der Waals surface area contributed by atoms with E-state index in [4.69, 9.17) is 11.6 Å². The summed E-state index contributed by atoms with van der Waals surface area (Å²) in [7, 11) is 0. The van der Waals surface area contributed by atoms with Crippen molar-refractivity contribution < 1.29 is 9.90 Å². The van der Waals surface area contributed by atoms with E-state index in [0.717, 1.165) is 26.4 Å². The van der Waals surface area contributed by atoms with Crippen LogP contribution in [-0.4, -0.2) is 17.2 Å². The van der Waals surface area contributed by atoms with E-state index >= 15 is 0 Å². The Morgan fingerprint density at radius 2 is 1.96 bits per heavy atom. The zero-order valence-electron chi connectivity index (χ0n) is 14.4. The van der Waals surface area contributed by atoms with Gasteiger partial charge in [-0.05, 0) is 35.4 Å². The maximum Gasteiger partial charge on any atom is 0.283 e. The van der Waals surface area contributed by atoms with Gasteiger partial charge in [-0.25, -0.2) is 5.43 Å². The minimum Gasteiger partial charge on any atom is -0.507 e. The summed E-state index contributed by atoms with van der Waals surface area (Å²) in [5.41, 5.74) is 4.16. The smallest absolute Gasteiger partial charge is 0.283 e. The molecule has 1 heterocycles. The summed E-state index contributed by atoms with van der Waals surface area (Å²) in [5, 5.41) is 17.3. The van der Waals surface area contributed by atoms with E-state index in [1.807, 2.05) is 55.5 Å². The largest absolute Gasteiger partial charge is 0.507 e. The monoisotopic (exact) mass is 394 g/mol. The van der Waals surface area contributed by atoms with Crippen LogP contribution in [0.15, 0.2) is 59.7 Å². The first-order valence-electron chi connectivity index (χ1n) is 8.27. The molecule has 6 heteroatoms. The number of benzene rings is 3. The second-order valence-electron chi connectivity index (χ2n) is 6.16. The molecule has 4 aromatic rings. The van der Waals surface area contributed by atoms with Gasteiger partial charge in [0.15, 0.2) is 0 Å². The van der Waals surface area contributed by atoms with Gasteiger partial charge < -0.3 is 5.11 Å². The summed E-state index contributed by atoms with van der Waals surface area (Å²) >= 11 is 7.69. The van der Waals surface area contributed by atoms with Crippen LogP contribution in [-0.2, 0) is 0 Å². The molecule has 4 nitrogen and oxygen atoms in total. The number of nitrogens with zero attached hydrogens (tertiary/aromatic N) is 1. The first kappa shape index (κ1) is 17.5. The Morgan fingerprint density at radius 1 is 1.15 bits per heavy atom. The number of fused-ring (bicyclic) bond motifs is 2. The molecule has 0 bridgehead atoms. The van der Waals surface area contributed by atoms with Crippen LogP contribution in [0, 0.1) is 6.92 Å². The predicted molar refractivity (Wildman–Crippen MR) is 112 cm³/mol. The summed E-state index contributed by atoms with van der Waals surface area (Å²) in [4.78, 5) is 12.9. The number of aryl methyl sites for hydroxylation is 1. The van der Waals surface area contributed by atoms with Crippen LogP contribution in [0.4, 0.5) is 0 Å². The topological polar surface area (TPSA) is 61.7 Å². The first-order valence-corrected chi connectivity index (χ1v) is 9.47. The van der Waals surface area contributed by atoms with Crippen molar-refractivity contribution in [3.63, 3.8) is 0 Å². The summed E-state index contributed by atoms with van der Waals surface area (Å²) in [6, 6.07) is 17.0. The Labute approximate surface area is 164 Å². The number of halogens is 1. The van der Waals surface area contributed by atoms with Crippen molar-refractivity contribution in [1.29, 1.82) is 0 Å². The fourth-order valence-corrected chi connectivity index (χ4v) is 4.45. The summed E-state index contributed by atoms with van der Waals surface area (Å²) in [6.07, 6.45) is 1.45. The lowest BCUT2D eigenvalue weighted by Gasteiger charge is -2.04. The number of hydrogen-bond acceptors (Lipinski definition) is 4. The molecule has 4 rings (SSSR count). The molecule has 1 aromatic heterocycles. The SMILES string of the molecule is Cc1ccc2c(Cl)c(C(=O)N/N=C/c3c(O)ccc4ccccc34)sc2c1. The molecule has 0 fully saturated rings. The highest BCUT2D eigenvalue weighted by atomic mass is 35.5. The van der Waals surface area contributed by atoms with E-state index in [9.17, 15) is 9.90 Å². The van der Waals surface area contributed by atoms with E-state index in [0.29, 0.717) is 15.5 Å². The molecule has 3 aromatic carbocycles. The molecular weight excluding hydrogens is 380 g/mol. The minimum absolute atomic E-state index is 0.0991. The van der Waals surface area contributed by atoms with Crippen LogP contribution < -0.4 is 5.43 Å². The Kier molecular flexibility index (Phi) is 4.56. The Morgan fingerprint density at radius 3 is 2.81 bits per heavy atom. The molecule has 0 saturated carbocycles. The lowest BCUT2D eigenvalue weighted by atomic mass is 10.0. The van der Waals surface area contributed by atoms with Gasteiger partial charge in [-0.1, -0.05) is 54.1 Å². The molecular formula is C21H15ClN2O2S. The molecule has 0 saturated heterocycles. The van der Waals surface area contributed by atoms with Crippen molar-refractivity contribution in [2.24, 2.45) is 5.10 Å². The second-order valence-corrected chi connectivity index (χ2v) is 7.59. The van der Waals surface area contributed by atoms with Gasteiger partial charge in [0.2, 0.25) is 0 Å². The van der Waals surface area contributed by atoms with E-state index in [2.05, 4.69) is 10.5 Å². The number of carbonyl (C=O) groups is 1. The van der Waals surface area contributed by atoms with Gasteiger partial charge in [-0.3, -0.25) is 4.79 Å². The molecule has 0 atom stereocenters.